The summed E-state index contributed by atoms with van der Waals surface area (Å²) in [6, 6.07) is 3.64. The number of ether oxygens (including phenoxy) is 1. The van der Waals surface area contributed by atoms with E-state index >= 15 is 0 Å². The normalized spacial score (nSPS) is 16.8. The second kappa shape index (κ2) is 4.27. The lowest BCUT2D eigenvalue weighted by atomic mass is 10.2. The molecular formula is C10H13N3O2. The summed E-state index contributed by atoms with van der Waals surface area (Å²) >= 11 is 0. The largest absolute Gasteiger partial charge is 0.384 e. The molecular weight excluding hydrogens is 194 g/mol. The number of carbonyl (C=O) groups is 1. The van der Waals surface area contributed by atoms with Gasteiger partial charge in [-0.2, -0.15) is 0 Å². The molecule has 1 saturated heterocycles. The second-order valence-electron chi connectivity index (χ2n) is 3.46. The molecule has 0 saturated carbocycles. The molecule has 0 aromatic carbocycles. The molecule has 2 rings (SSSR count). The minimum absolute atomic E-state index is 0.0247. The topological polar surface area (TPSA) is 68.4 Å². The molecule has 0 bridgehead atoms. The number of anilines is 1. The Labute approximate surface area is 87.8 Å². The van der Waals surface area contributed by atoms with Crippen molar-refractivity contribution in [2.75, 3.05) is 25.5 Å². The van der Waals surface area contributed by atoms with E-state index in [9.17, 15) is 4.79 Å². The van der Waals surface area contributed by atoms with Crippen molar-refractivity contribution >= 4 is 11.7 Å². The number of nitrogens with two attached hydrogens (primary N) is 1. The maximum absolute atomic E-state index is 11.4. The molecule has 5 nitrogen and oxygen atoms in total. The van der Waals surface area contributed by atoms with Crippen LogP contribution in [-0.2, 0) is 16.1 Å². The third-order valence-electron chi connectivity index (χ3n) is 2.30. The summed E-state index contributed by atoms with van der Waals surface area (Å²) in [4.78, 5) is 17.1. The van der Waals surface area contributed by atoms with Gasteiger partial charge in [0.2, 0.25) is 5.91 Å². The first-order chi connectivity index (χ1) is 7.25. The summed E-state index contributed by atoms with van der Waals surface area (Å²) < 4.78 is 5.05. The number of hydrogen-bond donors (Lipinski definition) is 1. The van der Waals surface area contributed by atoms with Crippen molar-refractivity contribution < 1.29 is 9.53 Å². The Bertz CT molecular complexity index is 367. The van der Waals surface area contributed by atoms with Crippen LogP contribution < -0.4 is 5.73 Å². The smallest absolute Gasteiger partial charge is 0.248 e. The zero-order valence-electron chi connectivity index (χ0n) is 8.35. The fourth-order valence-electron chi connectivity index (χ4n) is 1.53. The summed E-state index contributed by atoms with van der Waals surface area (Å²) in [7, 11) is 0. The van der Waals surface area contributed by atoms with Gasteiger partial charge in [-0.1, -0.05) is 0 Å². The summed E-state index contributed by atoms with van der Waals surface area (Å²) in [5, 5.41) is 0. The lowest BCUT2D eigenvalue weighted by Crippen LogP contribution is -2.40. The minimum atomic E-state index is 0.0247. The number of nitrogens with zero attached hydrogens (tertiary/aromatic N) is 2. The van der Waals surface area contributed by atoms with E-state index in [-0.39, 0.29) is 12.5 Å². The molecule has 1 aliphatic rings. The van der Waals surface area contributed by atoms with Crippen molar-refractivity contribution in [2.24, 2.45) is 0 Å². The van der Waals surface area contributed by atoms with Crippen LogP contribution in [0.15, 0.2) is 18.3 Å². The van der Waals surface area contributed by atoms with Gasteiger partial charge >= 0.3 is 0 Å². The Hall–Kier alpha value is -1.62. The number of amides is 1. The SMILES string of the molecule is Nc1cc(CN2CCOCC2=O)ccn1. The first-order valence-corrected chi connectivity index (χ1v) is 4.81. The van der Waals surface area contributed by atoms with Gasteiger partial charge in [-0.15, -0.1) is 0 Å². The van der Waals surface area contributed by atoms with Gasteiger partial charge in [-0.25, -0.2) is 4.98 Å². The quantitative estimate of drug-likeness (QED) is 0.742. The summed E-state index contributed by atoms with van der Waals surface area (Å²) in [5.41, 5.74) is 6.56. The van der Waals surface area contributed by atoms with Crippen LogP contribution in [0.3, 0.4) is 0 Å². The van der Waals surface area contributed by atoms with E-state index < -0.39 is 0 Å². The van der Waals surface area contributed by atoms with Crippen LogP contribution in [-0.4, -0.2) is 35.5 Å². The molecule has 1 aliphatic heterocycles. The van der Waals surface area contributed by atoms with Crippen molar-refractivity contribution in [3.63, 3.8) is 0 Å². The molecule has 0 spiro atoms. The molecule has 5 heteroatoms. The molecule has 2 N–H and O–H groups in total. The van der Waals surface area contributed by atoms with E-state index in [1.54, 1.807) is 17.2 Å². The molecule has 1 aromatic rings. The molecule has 0 atom stereocenters. The highest BCUT2D eigenvalue weighted by Crippen LogP contribution is 2.09. The van der Waals surface area contributed by atoms with Gasteiger partial charge in [0.15, 0.2) is 0 Å². The van der Waals surface area contributed by atoms with Crippen LogP contribution >= 0.6 is 0 Å². The number of pyridine rings is 1. The molecule has 0 radical (unpaired) electrons. The second-order valence-corrected chi connectivity index (χ2v) is 3.46. The number of hydrogen-bond acceptors (Lipinski definition) is 4. The highest BCUT2D eigenvalue weighted by Gasteiger charge is 2.18. The van der Waals surface area contributed by atoms with Crippen LogP contribution in [0.4, 0.5) is 5.82 Å². The standard InChI is InChI=1S/C10H13N3O2/c11-9-5-8(1-2-12-9)6-13-3-4-15-7-10(13)14/h1-2,5H,3-4,6-7H2,(H2,11,12). The van der Waals surface area contributed by atoms with E-state index in [1.807, 2.05) is 6.07 Å². The zero-order chi connectivity index (χ0) is 10.7. The Morgan fingerprint density at radius 2 is 2.47 bits per heavy atom. The van der Waals surface area contributed by atoms with Gasteiger partial charge in [0.25, 0.3) is 0 Å². The van der Waals surface area contributed by atoms with Gasteiger partial charge in [0.1, 0.15) is 12.4 Å². The Balaban J connectivity index is 2.04. The maximum Gasteiger partial charge on any atom is 0.248 e. The summed E-state index contributed by atoms with van der Waals surface area (Å²) in [6.07, 6.45) is 1.65. The third-order valence-corrected chi connectivity index (χ3v) is 2.30. The molecule has 80 valence electrons. The molecule has 0 aliphatic carbocycles. The van der Waals surface area contributed by atoms with E-state index in [0.29, 0.717) is 25.5 Å². The predicted molar refractivity (Wildman–Crippen MR) is 54.9 cm³/mol. The van der Waals surface area contributed by atoms with Crippen molar-refractivity contribution in [1.29, 1.82) is 0 Å². The van der Waals surface area contributed by atoms with Crippen LogP contribution in [0.1, 0.15) is 5.56 Å². The highest BCUT2D eigenvalue weighted by atomic mass is 16.5. The minimum Gasteiger partial charge on any atom is -0.384 e. The molecule has 2 heterocycles. The number of morpholine rings is 1. The maximum atomic E-state index is 11.4. The lowest BCUT2D eigenvalue weighted by molar-refractivity contribution is -0.143. The number of nitrogen functional groups attached to an aromatic ring is 1. The van der Waals surface area contributed by atoms with E-state index in [2.05, 4.69) is 4.98 Å². The average molecular weight is 207 g/mol. The highest BCUT2D eigenvalue weighted by molar-refractivity contribution is 5.78. The Morgan fingerprint density at radius 3 is 3.20 bits per heavy atom. The summed E-state index contributed by atoms with van der Waals surface area (Å²) in [6.45, 7) is 2.00. The van der Waals surface area contributed by atoms with Crippen LogP contribution in [0, 0.1) is 0 Å². The fraction of sp³-hybridized carbons (Fsp3) is 0.400. The predicted octanol–water partition coefficient (Wildman–Crippen LogP) is 0.0226. The Morgan fingerprint density at radius 1 is 1.60 bits per heavy atom. The molecule has 1 amide bonds. The summed E-state index contributed by atoms with van der Waals surface area (Å²) in [5.74, 6) is 0.504. The van der Waals surface area contributed by atoms with E-state index in [0.717, 1.165) is 5.56 Å². The molecule has 1 aromatic heterocycles. The van der Waals surface area contributed by atoms with Crippen LogP contribution in [0.5, 0.6) is 0 Å². The van der Waals surface area contributed by atoms with E-state index in [4.69, 9.17) is 10.5 Å². The van der Waals surface area contributed by atoms with Gasteiger partial charge in [-0.3, -0.25) is 4.79 Å². The lowest BCUT2D eigenvalue weighted by Gasteiger charge is -2.26. The first-order valence-electron chi connectivity index (χ1n) is 4.81. The van der Waals surface area contributed by atoms with Crippen molar-refractivity contribution in [2.45, 2.75) is 6.54 Å². The molecule has 1 fully saturated rings. The van der Waals surface area contributed by atoms with E-state index in [1.165, 1.54) is 0 Å². The fourth-order valence-corrected chi connectivity index (χ4v) is 1.53. The van der Waals surface area contributed by atoms with Crippen LogP contribution in [0.2, 0.25) is 0 Å². The van der Waals surface area contributed by atoms with Crippen molar-refractivity contribution in [1.82, 2.24) is 9.88 Å². The molecule has 0 unspecified atom stereocenters. The Kier molecular flexibility index (Phi) is 2.82. The third kappa shape index (κ3) is 2.44. The van der Waals surface area contributed by atoms with Gasteiger partial charge in [-0.05, 0) is 17.7 Å². The van der Waals surface area contributed by atoms with Gasteiger partial charge in [0, 0.05) is 19.3 Å². The van der Waals surface area contributed by atoms with Gasteiger partial charge in [0.05, 0.1) is 6.61 Å². The number of aromatic nitrogens is 1. The average Bonchev–Trinajstić information content (AvgIpc) is 2.22. The number of carbonyl (C=O) groups excluding carboxylic acids is 1. The van der Waals surface area contributed by atoms with Crippen molar-refractivity contribution in [3.8, 4) is 0 Å². The van der Waals surface area contributed by atoms with Gasteiger partial charge < -0.3 is 15.4 Å². The first kappa shape index (κ1) is 9.92. The monoisotopic (exact) mass is 207 g/mol. The zero-order valence-corrected chi connectivity index (χ0v) is 8.35. The number of rotatable bonds is 2. The van der Waals surface area contributed by atoms with Crippen LogP contribution in [0.25, 0.3) is 0 Å². The van der Waals surface area contributed by atoms with Crippen molar-refractivity contribution in [3.05, 3.63) is 23.9 Å². The molecule has 15 heavy (non-hydrogen) atoms.